The summed E-state index contributed by atoms with van der Waals surface area (Å²) in [6.45, 7) is 2.42. The summed E-state index contributed by atoms with van der Waals surface area (Å²) >= 11 is 0. The second kappa shape index (κ2) is 9.51. The van der Waals surface area contributed by atoms with Crippen LogP contribution in [0.5, 0.6) is 5.75 Å². The number of benzene rings is 2. The lowest BCUT2D eigenvalue weighted by molar-refractivity contribution is -0.131. The van der Waals surface area contributed by atoms with Crippen molar-refractivity contribution in [3.8, 4) is 11.4 Å². The van der Waals surface area contributed by atoms with Gasteiger partial charge in [0.15, 0.2) is 0 Å². The van der Waals surface area contributed by atoms with Crippen molar-refractivity contribution in [3.05, 3.63) is 84.2 Å². The molecule has 2 heterocycles. The lowest BCUT2D eigenvalue weighted by Gasteiger charge is -2.32. The van der Waals surface area contributed by atoms with Crippen molar-refractivity contribution in [2.45, 2.75) is 25.8 Å². The van der Waals surface area contributed by atoms with Crippen LogP contribution in [0.4, 0.5) is 0 Å². The summed E-state index contributed by atoms with van der Waals surface area (Å²) in [5.41, 5.74) is 2.09. The standard InChI is InChI=1S/C25H25N3O4/c1-18(29)32-23-6-4-5-20(17-23)25(31)28-15-11-21(12-16-28)26-24(30)19-7-9-22(10-8-19)27-13-2-3-14-27/h2-10,13-14,17,21H,11-12,15-16H2,1H3,(H,26,30). The quantitative estimate of drug-likeness (QED) is 0.496. The van der Waals surface area contributed by atoms with Gasteiger partial charge in [0.05, 0.1) is 0 Å². The van der Waals surface area contributed by atoms with Crippen molar-refractivity contribution >= 4 is 17.8 Å². The number of esters is 1. The van der Waals surface area contributed by atoms with E-state index >= 15 is 0 Å². The molecule has 2 amide bonds. The fraction of sp³-hybridized carbons (Fsp3) is 0.240. The molecule has 0 spiro atoms. The topological polar surface area (TPSA) is 80.6 Å². The monoisotopic (exact) mass is 431 g/mol. The minimum Gasteiger partial charge on any atom is -0.427 e. The maximum absolute atomic E-state index is 12.8. The van der Waals surface area contributed by atoms with Crippen LogP contribution >= 0.6 is 0 Å². The van der Waals surface area contributed by atoms with Gasteiger partial charge in [-0.25, -0.2) is 0 Å². The number of ether oxygens (including phenoxy) is 1. The number of hydrogen-bond donors (Lipinski definition) is 1. The summed E-state index contributed by atoms with van der Waals surface area (Å²) in [6.07, 6.45) is 5.28. The first-order valence-electron chi connectivity index (χ1n) is 10.6. The average Bonchev–Trinajstić information content (AvgIpc) is 3.34. The number of carbonyl (C=O) groups is 3. The van der Waals surface area contributed by atoms with Crippen LogP contribution in [0.15, 0.2) is 73.1 Å². The number of aromatic nitrogens is 1. The second-order valence-corrected chi connectivity index (χ2v) is 7.80. The molecule has 1 saturated heterocycles. The Labute approximate surface area is 186 Å². The van der Waals surface area contributed by atoms with Crippen LogP contribution in [0.25, 0.3) is 5.69 Å². The number of hydrogen-bond acceptors (Lipinski definition) is 4. The number of likely N-dealkylation sites (tertiary alicyclic amines) is 1. The molecule has 1 fully saturated rings. The summed E-state index contributed by atoms with van der Waals surface area (Å²) in [5, 5.41) is 3.08. The van der Waals surface area contributed by atoms with Gasteiger partial charge in [0.1, 0.15) is 5.75 Å². The third kappa shape index (κ3) is 5.06. The molecule has 0 radical (unpaired) electrons. The van der Waals surface area contributed by atoms with E-state index in [0.29, 0.717) is 42.8 Å². The number of piperidine rings is 1. The SMILES string of the molecule is CC(=O)Oc1cccc(C(=O)N2CCC(NC(=O)c3ccc(-n4cccc4)cc3)CC2)c1. The Balaban J connectivity index is 1.30. The molecule has 1 aromatic heterocycles. The lowest BCUT2D eigenvalue weighted by atomic mass is 10.0. The second-order valence-electron chi connectivity index (χ2n) is 7.80. The van der Waals surface area contributed by atoms with Gasteiger partial charge in [-0.1, -0.05) is 6.07 Å². The van der Waals surface area contributed by atoms with Crippen LogP contribution in [-0.2, 0) is 4.79 Å². The number of carbonyl (C=O) groups excluding carboxylic acids is 3. The first-order valence-corrected chi connectivity index (χ1v) is 10.6. The molecule has 7 heteroatoms. The predicted molar refractivity (Wildman–Crippen MR) is 120 cm³/mol. The van der Waals surface area contributed by atoms with Crippen LogP contribution in [-0.4, -0.2) is 46.4 Å². The molecule has 32 heavy (non-hydrogen) atoms. The minimum absolute atomic E-state index is 0.0167. The van der Waals surface area contributed by atoms with Crippen molar-refractivity contribution < 1.29 is 19.1 Å². The molecular weight excluding hydrogens is 406 g/mol. The zero-order valence-electron chi connectivity index (χ0n) is 17.9. The van der Waals surface area contributed by atoms with E-state index in [1.165, 1.54) is 6.92 Å². The van der Waals surface area contributed by atoms with E-state index in [9.17, 15) is 14.4 Å². The van der Waals surface area contributed by atoms with Gasteiger partial charge in [-0.2, -0.15) is 0 Å². The zero-order chi connectivity index (χ0) is 22.5. The van der Waals surface area contributed by atoms with Crippen molar-refractivity contribution in [1.82, 2.24) is 14.8 Å². The summed E-state index contributed by atoms with van der Waals surface area (Å²) < 4.78 is 7.05. The molecule has 4 rings (SSSR count). The Morgan fingerprint density at radius 2 is 1.59 bits per heavy atom. The van der Waals surface area contributed by atoms with Crippen LogP contribution in [0.2, 0.25) is 0 Å². The van der Waals surface area contributed by atoms with Gasteiger partial charge < -0.3 is 19.5 Å². The molecule has 0 aliphatic carbocycles. The molecule has 7 nitrogen and oxygen atoms in total. The van der Waals surface area contributed by atoms with Crippen LogP contribution in [0.1, 0.15) is 40.5 Å². The van der Waals surface area contributed by atoms with E-state index in [1.807, 2.05) is 53.4 Å². The Bertz CT molecular complexity index is 1100. The van der Waals surface area contributed by atoms with Crippen LogP contribution in [0.3, 0.4) is 0 Å². The summed E-state index contributed by atoms with van der Waals surface area (Å²) in [4.78, 5) is 38.4. The molecule has 1 N–H and O–H groups in total. The average molecular weight is 431 g/mol. The molecule has 2 aromatic carbocycles. The fourth-order valence-electron chi connectivity index (χ4n) is 3.83. The highest BCUT2D eigenvalue weighted by Crippen LogP contribution is 2.19. The normalized spacial score (nSPS) is 14.1. The van der Waals surface area contributed by atoms with E-state index in [1.54, 1.807) is 29.2 Å². The van der Waals surface area contributed by atoms with E-state index in [4.69, 9.17) is 4.74 Å². The molecular formula is C25H25N3O4. The zero-order valence-corrected chi connectivity index (χ0v) is 17.9. The highest BCUT2D eigenvalue weighted by molar-refractivity contribution is 5.95. The van der Waals surface area contributed by atoms with E-state index in [-0.39, 0.29) is 17.9 Å². The highest BCUT2D eigenvalue weighted by Gasteiger charge is 2.25. The Kier molecular flexibility index (Phi) is 6.35. The summed E-state index contributed by atoms with van der Waals surface area (Å²) in [5.74, 6) is -0.286. The minimum atomic E-state index is -0.425. The molecule has 3 aromatic rings. The van der Waals surface area contributed by atoms with Crippen molar-refractivity contribution in [2.75, 3.05) is 13.1 Å². The van der Waals surface area contributed by atoms with Crippen LogP contribution < -0.4 is 10.1 Å². The lowest BCUT2D eigenvalue weighted by Crippen LogP contribution is -2.46. The fourth-order valence-corrected chi connectivity index (χ4v) is 3.83. The predicted octanol–water partition coefficient (Wildman–Crippen LogP) is 3.44. The number of nitrogens with zero attached hydrogens (tertiary/aromatic N) is 2. The first-order chi connectivity index (χ1) is 15.5. The van der Waals surface area contributed by atoms with Crippen molar-refractivity contribution in [3.63, 3.8) is 0 Å². The van der Waals surface area contributed by atoms with Gasteiger partial charge in [0.25, 0.3) is 11.8 Å². The Morgan fingerprint density at radius 3 is 2.25 bits per heavy atom. The molecule has 0 unspecified atom stereocenters. The largest absolute Gasteiger partial charge is 0.427 e. The highest BCUT2D eigenvalue weighted by atomic mass is 16.5. The van der Waals surface area contributed by atoms with Gasteiger partial charge in [-0.15, -0.1) is 0 Å². The van der Waals surface area contributed by atoms with Gasteiger partial charge in [0, 0.05) is 55.3 Å². The number of amides is 2. The van der Waals surface area contributed by atoms with Gasteiger partial charge >= 0.3 is 5.97 Å². The van der Waals surface area contributed by atoms with Gasteiger partial charge in [0.2, 0.25) is 0 Å². The van der Waals surface area contributed by atoms with Crippen LogP contribution in [0, 0.1) is 0 Å². The Morgan fingerprint density at radius 1 is 0.906 bits per heavy atom. The van der Waals surface area contributed by atoms with Gasteiger partial charge in [-0.3, -0.25) is 14.4 Å². The number of nitrogens with one attached hydrogen (secondary N) is 1. The van der Waals surface area contributed by atoms with E-state index < -0.39 is 5.97 Å². The smallest absolute Gasteiger partial charge is 0.308 e. The van der Waals surface area contributed by atoms with E-state index in [2.05, 4.69) is 5.32 Å². The molecule has 0 atom stereocenters. The van der Waals surface area contributed by atoms with Gasteiger partial charge in [-0.05, 0) is 67.4 Å². The maximum Gasteiger partial charge on any atom is 0.308 e. The third-order valence-electron chi connectivity index (χ3n) is 5.49. The first kappa shape index (κ1) is 21.4. The number of rotatable bonds is 5. The Hall–Kier alpha value is -3.87. The molecule has 0 bridgehead atoms. The third-order valence-corrected chi connectivity index (χ3v) is 5.49. The molecule has 0 saturated carbocycles. The summed E-state index contributed by atoms with van der Waals surface area (Å²) in [7, 11) is 0. The van der Waals surface area contributed by atoms with Crippen molar-refractivity contribution in [2.24, 2.45) is 0 Å². The maximum atomic E-state index is 12.8. The molecule has 1 aliphatic rings. The van der Waals surface area contributed by atoms with Crippen molar-refractivity contribution in [1.29, 1.82) is 0 Å². The summed E-state index contributed by atoms with van der Waals surface area (Å²) in [6, 6.07) is 18.0. The molecule has 1 aliphatic heterocycles. The van der Waals surface area contributed by atoms with E-state index in [0.717, 1.165) is 5.69 Å². The molecule has 164 valence electrons.